The summed E-state index contributed by atoms with van der Waals surface area (Å²) in [6.07, 6.45) is 3.45. The largest absolute Gasteiger partial charge is 0.308 e. The van der Waals surface area contributed by atoms with Crippen LogP contribution in [-0.4, -0.2) is 10.2 Å². The molecule has 0 aliphatic rings. The molecule has 0 aliphatic carbocycles. The van der Waals surface area contributed by atoms with Gasteiger partial charge in [0.05, 0.1) is 6.20 Å². The molecule has 1 heterocycles. The third-order valence-corrected chi connectivity index (χ3v) is 2.21. The molecular weight excluding hydrogens is 212 g/mol. The molecule has 84 valence electrons. The van der Waals surface area contributed by atoms with Crippen LogP contribution in [0.15, 0.2) is 30.6 Å². The van der Waals surface area contributed by atoms with Crippen LogP contribution in [0.25, 0.3) is 0 Å². The average Bonchev–Trinajstić information content (AvgIpc) is 2.74. The van der Waals surface area contributed by atoms with Gasteiger partial charge in [0.2, 0.25) is 0 Å². The third kappa shape index (κ3) is 2.64. The summed E-state index contributed by atoms with van der Waals surface area (Å²) in [5.74, 6) is -1.09. The smallest absolute Gasteiger partial charge is 0.130 e. The first kappa shape index (κ1) is 10.8. The van der Waals surface area contributed by atoms with Crippen LogP contribution in [0, 0.1) is 11.6 Å². The molecule has 0 amide bonds. The van der Waals surface area contributed by atoms with Gasteiger partial charge in [-0.3, -0.25) is 5.10 Å². The monoisotopic (exact) mass is 223 g/mol. The first-order valence-corrected chi connectivity index (χ1v) is 4.88. The minimum atomic E-state index is -0.559. The minimum absolute atomic E-state index is 0.358. The zero-order valence-electron chi connectivity index (χ0n) is 8.50. The number of nitrogens with one attached hydrogen (secondary N) is 2. The lowest BCUT2D eigenvalue weighted by atomic mass is 10.2. The zero-order chi connectivity index (χ0) is 11.4. The number of aromatic amines is 1. The highest BCUT2D eigenvalue weighted by Gasteiger charge is 2.03. The number of hydrogen-bond donors (Lipinski definition) is 2. The lowest BCUT2D eigenvalue weighted by Gasteiger charge is -2.04. The Bertz CT molecular complexity index is 454. The Balaban J connectivity index is 1.90. The standard InChI is InChI=1S/C11H11F2N3/c12-10-2-1-9(11(13)3-10)7-14-4-8-5-15-16-6-8/h1-3,5-6,14H,4,7H2,(H,15,16). The minimum Gasteiger partial charge on any atom is -0.308 e. The van der Waals surface area contributed by atoms with Gasteiger partial charge in [0.15, 0.2) is 0 Å². The van der Waals surface area contributed by atoms with E-state index in [1.165, 1.54) is 12.1 Å². The Morgan fingerprint density at radius 2 is 2.12 bits per heavy atom. The fraction of sp³-hybridized carbons (Fsp3) is 0.182. The van der Waals surface area contributed by atoms with E-state index in [0.29, 0.717) is 18.7 Å². The first-order chi connectivity index (χ1) is 7.75. The third-order valence-electron chi connectivity index (χ3n) is 2.21. The summed E-state index contributed by atoms with van der Waals surface area (Å²) in [5, 5.41) is 9.51. The molecule has 2 N–H and O–H groups in total. The second kappa shape index (κ2) is 4.85. The molecule has 0 saturated heterocycles. The SMILES string of the molecule is Fc1ccc(CNCc2cn[nH]c2)c(F)c1. The highest BCUT2D eigenvalue weighted by atomic mass is 19.1. The fourth-order valence-electron chi connectivity index (χ4n) is 1.38. The van der Waals surface area contributed by atoms with Gasteiger partial charge < -0.3 is 5.32 Å². The van der Waals surface area contributed by atoms with Crippen LogP contribution in [0.4, 0.5) is 8.78 Å². The summed E-state index contributed by atoms with van der Waals surface area (Å²) < 4.78 is 25.8. The van der Waals surface area contributed by atoms with E-state index in [1.54, 1.807) is 12.4 Å². The van der Waals surface area contributed by atoms with Crippen LogP contribution >= 0.6 is 0 Å². The normalized spacial score (nSPS) is 10.6. The van der Waals surface area contributed by atoms with Gasteiger partial charge in [-0.05, 0) is 6.07 Å². The van der Waals surface area contributed by atoms with E-state index in [9.17, 15) is 8.78 Å². The molecule has 1 aromatic heterocycles. The Hall–Kier alpha value is -1.75. The first-order valence-electron chi connectivity index (χ1n) is 4.88. The van der Waals surface area contributed by atoms with Gasteiger partial charge in [-0.2, -0.15) is 5.10 Å². The zero-order valence-corrected chi connectivity index (χ0v) is 8.50. The molecule has 2 aromatic rings. The van der Waals surface area contributed by atoms with Gasteiger partial charge in [0.1, 0.15) is 11.6 Å². The predicted molar refractivity (Wildman–Crippen MR) is 55.5 cm³/mol. The molecule has 0 saturated carbocycles. The predicted octanol–water partition coefficient (Wildman–Crippen LogP) is 1.98. The van der Waals surface area contributed by atoms with E-state index < -0.39 is 11.6 Å². The Morgan fingerprint density at radius 1 is 1.25 bits per heavy atom. The van der Waals surface area contributed by atoms with Crippen LogP contribution < -0.4 is 5.32 Å². The molecule has 5 heteroatoms. The molecule has 0 bridgehead atoms. The lowest BCUT2D eigenvalue weighted by Crippen LogP contribution is -2.13. The van der Waals surface area contributed by atoms with E-state index in [1.807, 2.05) is 0 Å². The summed E-state index contributed by atoms with van der Waals surface area (Å²) in [5.41, 5.74) is 1.44. The molecule has 1 aromatic carbocycles. The number of hydrogen-bond acceptors (Lipinski definition) is 2. The van der Waals surface area contributed by atoms with Crippen molar-refractivity contribution in [2.45, 2.75) is 13.1 Å². The summed E-state index contributed by atoms with van der Waals surface area (Å²) in [7, 11) is 0. The van der Waals surface area contributed by atoms with Crippen molar-refractivity contribution in [1.29, 1.82) is 0 Å². The van der Waals surface area contributed by atoms with Crippen molar-refractivity contribution in [3.05, 3.63) is 53.4 Å². The van der Waals surface area contributed by atoms with Crippen molar-refractivity contribution in [3.8, 4) is 0 Å². The Kier molecular flexibility index (Phi) is 3.26. The van der Waals surface area contributed by atoms with E-state index >= 15 is 0 Å². The van der Waals surface area contributed by atoms with E-state index in [0.717, 1.165) is 11.6 Å². The van der Waals surface area contributed by atoms with Crippen molar-refractivity contribution in [3.63, 3.8) is 0 Å². The van der Waals surface area contributed by atoms with Crippen molar-refractivity contribution in [2.75, 3.05) is 0 Å². The number of H-pyrrole nitrogens is 1. The molecule has 0 atom stereocenters. The maximum atomic E-state index is 13.2. The van der Waals surface area contributed by atoms with Crippen LogP contribution in [0.2, 0.25) is 0 Å². The van der Waals surface area contributed by atoms with Crippen LogP contribution in [0.3, 0.4) is 0 Å². The van der Waals surface area contributed by atoms with Gasteiger partial charge in [0.25, 0.3) is 0 Å². The summed E-state index contributed by atoms with van der Waals surface area (Å²) in [6, 6.07) is 3.57. The van der Waals surface area contributed by atoms with Crippen molar-refractivity contribution in [2.24, 2.45) is 0 Å². The van der Waals surface area contributed by atoms with E-state index in [2.05, 4.69) is 15.5 Å². The summed E-state index contributed by atoms with van der Waals surface area (Å²) in [4.78, 5) is 0. The van der Waals surface area contributed by atoms with Crippen LogP contribution in [0.5, 0.6) is 0 Å². The van der Waals surface area contributed by atoms with Crippen molar-refractivity contribution >= 4 is 0 Å². The van der Waals surface area contributed by atoms with Gasteiger partial charge in [0, 0.05) is 36.5 Å². The fourth-order valence-corrected chi connectivity index (χ4v) is 1.38. The summed E-state index contributed by atoms with van der Waals surface area (Å²) in [6.45, 7) is 0.949. The van der Waals surface area contributed by atoms with Gasteiger partial charge in [-0.15, -0.1) is 0 Å². The maximum absolute atomic E-state index is 13.2. The van der Waals surface area contributed by atoms with Crippen LogP contribution in [0.1, 0.15) is 11.1 Å². The van der Waals surface area contributed by atoms with E-state index in [4.69, 9.17) is 0 Å². The molecule has 2 rings (SSSR count). The molecule has 0 unspecified atom stereocenters. The molecular formula is C11H11F2N3. The molecule has 3 nitrogen and oxygen atoms in total. The lowest BCUT2D eigenvalue weighted by molar-refractivity contribution is 0.560. The molecule has 0 radical (unpaired) electrons. The van der Waals surface area contributed by atoms with Crippen molar-refractivity contribution in [1.82, 2.24) is 15.5 Å². The number of aromatic nitrogens is 2. The molecule has 0 spiro atoms. The molecule has 0 aliphatic heterocycles. The highest BCUT2D eigenvalue weighted by Crippen LogP contribution is 2.09. The Labute approximate surface area is 91.5 Å². The second-order valence-electron chi connectivity index (χ2n) is 3.45. The van der Waals surface area contributed by atoms with Gasteiger partial charge >= 0.3 is 0 Å². The number of benzene rings is 1. The topological polar surface area (TPSA) is 40.7 Å². The number of rotatable bonds is 4. The van der Waals surface area contributed by atoms with Crippen molar-refractivity contribution < 1.29 is 8.78 Å². The Morgan fingerprint density at radius 3 is 2.81 bits per heavy atom. The number of halogens is 2. The van der Waals surface area contributed by atoms with Gasteiger partial charge in [-0.25, -0.2) is 8.78 Å². The second-order valence-corrected chi connectivity index (χ2v) is 3.45. The van der Waals surface area contributed by atoms with Crippen LogP contribution in [-0.2, 0) is 13.1 Å². The van der Waals surface area contributed by atoms with Gasteiger partial charge in [-0.1, -0.05) is 6.07 Å². The maximum Gasteiger partial charge on any atom is 0.130 e. The molecule has 0 fully saturated rings. The summed E-state index contributed by atoms with van der Waals surface area (Å²) >= 11 is 0. The number of nitrogens with zero attached hydrogens (tertiary/aromatic N) is 1. The quantitative estimate of drug-likeness (QED) is 0.832. The average molecular weight is 223 g/mol. The molecule has 16 heavy (non-hydrogen) atoms. The highest BCUT2D eigenvalue weighted by molar-refractivity contribution is 5.18. The van der Waals surface area contributed by atoms with E-state index in [-0.39, 0.29) is 0 Å².